The molecule has 0 saturated heterocycles. The molecule has 0 unspecified atom stereocenters. The number of carbonyl (C=O) groups excluding carboxylic acids is 1. The van der Waals surface area contributed by atoms with Gasteiger partial charge in [0.05, 0.1) is 18.0 Å². The first-order chi connectivity index (χ1) is 14.3. The molecule has 6 nitrogen and oxygen atoms in total. The summed E-state index contributed by atoms with van der Waals surface area (Å²) < 4.78 is 33.1. The number of ether oxygens (including phenoxy) is 1. The molecule has 0 aromatic heterocycles. The van der Waals surface area contributed by atoms with E-state index >= 15 is 0 Å². The largest absolute Gasteiger partial charge is 0.497 e. The second-order valence-electron chi connectivity index (χ2n) is 6.97. The number of anilines is 1. The fourth-order valence-electron chi connectivity index (χ4n) is 2.90. The van der Waals surface area contributed by atoms with Gasteiger partial charge in [-0.25, -0.2) is 8.42 Å². The Morgan fingerprint density at radius 1 is 0.967 bits per heavy atom. The average Bonchev–Trinajstić information content (AvgIpc) is 2.75. The standard InChI is InChI=1S/C23H24N2O4S/c1-16-7-11-20(12-8-16)25-30(27,28)22-6-4-5-19(15-22)23(26)24-17(2)18-9-13-21(29-3)14-10-18/h4-15,17,25H,1-3H3,(H,24,26)/t17-/m0/s1. The number of benzene rings is 3. The molecule has 1 atom stereocenters. The first-order valence-electron chi connectivity index (χ1n) is 9.43. The minimum Gasteiger partial charge on any atom is -0.497 e. The molecule has 0 aliphatic carbocycles. The normalized spacial score (nSPS) is 12.1. The van der Waals surface area contributed by atoms with Gasteiger partial charge in [0.2, 0.25) is 0 Å². The Balaban J connectivity index is 1.74. The van der Waals surface area contributed by atoms with Crippen molar-refractivity contribution >= 4 is 21.6 Å². The first kappa shape index (κ1) is 21.4. The maximum atomic E-state index is 12.7. The van der Waals surface area contributed by atoms with Crippen molar-refractivity contribution in [1.29, 1.82) is 0 Å². The van der Waals surface area contributed by atoms with Gasteiger partial charge >= 0.3 is 0 Å². The summed E-state index contributed by atoms with van der Waals surface area (Å²) >= 11 is 0. The van der Waals surface area contributed by atoms with Crippen molar-refractivity contribution in [2.45, 2.75) is 24.8 Å². The van der Waals surface area contributed by atoms with Crippen molar-refractivity contribution in [3.8, 4) is 5.75 Å². The molecule has 0 spiro atoms. The number of nitrogens with one attached hydrogen (secondary N) is 2. The highest BCUT2D eigenvalue weighted by Gasteiger charge is 2.18. The highest BCUT2D eigenvalue weighted by molar-refractivity contribution is 7.92. The van der Waals surface area contributed by atoms with E-state index in [0.717, 1.165) is 16.9 Å². The van der Waals surface area contributed by atoms with E-state index in [9.17, 15) is 13.2 Å². The predicted octanol–water partition coefficient (Wildman–Crippen LogP) is 4.30. The fourth-order valence-corrected chi connectivity index (χ4v) is 4.00. The van der Waals surface area contributed by atoms with Gasteiger partial charge in [-0.15, -0.1) is 0 Å². The van der Waals surface area contributed by atoms with Gasteiger partial charge in [-0.05, 0) is 61.9 Å². The lowest BCUT2D eigenvalue weighted by Gasteiger charge is -2.15. The van der Waals surface area contributed by atoms with Crippen LogP contribution in [-0.2, 0) is 10.0 Å². The molecule has 30 heavy (non-hydrogen) atoms. The van der Waals surface area contributed by atoms with Crippen molar-refractivity contribution in [3.63, 3.8) is 0 Å². The van der Waals surface area contributed by atoms with Crippen molar-refractivity contribution in [1.82, 2.24) is 5.32 Å². The molecule has 1 amide bonds. The molecule has 156 valence electrons. The topological polar surface area (TPSA) is 84.5 Å². The molecule has 0 aliphatic rings. The zero-order chi connectivity index (χ0) is 21.7. The van der Waals surface area contributed by atoms with Crippen LogP contribution in [0.15, 0.2) is 77.7 Å². The van der Waals surface area contributed by atoms with Gasteiger partial charge in [0.15, 0.2) is 0 Å². The number of methoxy groups -OCH3 is 1. The zero-order valence-electron chi connectivity index (χ0n) is 17.0. The Bertz CT molecular complexity index is 1120. The minimum absolute atomic E-state index is 0.0211. The summed E-state index contributed by atoms with van der Waals surface area (Å²) in [6.45, 7) is 3.78. The maximum Gasteiger partial charge on any atom is 0.261 e. The molecular formula is C23H24N2O4S. The lowest BCUT2D eigenvalue weighted by Crippen LogP contribution is -2.27. The highest BCUT2D eigenvalue weighted by atomic mass is 32.2. The summed E-state index contributed by atoms with van der Waals surface area (Å²) in [5, 5.41) is 2.89. The summed E-state index contributed by atoms with van der Waals surface area (Å²) in [7, 11) is -2.22. The third kappa shape index (κ3) is 5.18. The van der Waals surface area contributed by atoms with E-state index in [1.165, 1.54) is 12.1 Å². The van der Waals surface area contributed by atoms with Crippen LogP contribution < -0.4 is 14.8 Å². The van der Waals surface area contributed by atoms with Gasteiger partial charge in [0, 0.05) is 11.3 Å². The van der Waals surface area contributed by atoms with Gasteiger partial charge in [-0.2, -0.15) is 0 Å². The summed E-state index contributed by atoms with van der Waals surface area (Å²) in [4.78, 5) is 12.7. The molecule has 0 radical (unpaired) electrons. The Labute approximate surface area is 177 Å². The van der Waals surface area contributed by atoms with Gasteiger partial charge in [0.1, 0.15) is 5.75 Å². The first-order valence-corrected chi connectivity index (χ1v) is 10.9. The predicted molar refractivity (Wildman–Crippen MR) is 117 cm³/mol. The van der Waals surface area contributed by atoms with Crippen LogP contribution in [-0.4, -0.2) is 21.4 Å². The van der Waals surface area contributed by atoms with E-state index < -0.39 is 10.0 Å². The lowest BCUT2D eigenvalue weighted by atomic mass is 10.1. The minimum atomic E-state index is -3.81. The van der Waals surface area contributed by atoms with E-state index in [2.05, 4.69) is 10.0 Å². The van der Waals surface area contributed by atoms with E-state index in [0.29, 0.717) is 5.69 Å². The Kier molecular flexibility index (Phi) is 6.42. The molecular weight excluding hydrogens is 400 g/mol. The highest BCUT2D eigenvalue weighted by Crippen LogP contribution is 2.20. The van der Waals surface area contributed by atoms with Crippen LogP contribution in [0, 0.1) is 6.92 Å². The second kappa shape index (κ2) is 9.00. The van der Waals surface area contributed by atoms with E-state index in [1.807, 2.05) is 50.2 Å². The van der Waals surface area contributed by atoms with Gasteiger partial charge in [-0.3, -0.25) is 9.52 Å². The average molecular weight is 425 g/mol. The molecule has 0 aliphatic heterocycles. The van der Waals surface area contributed by atoms with E-state index in [1.54, 1.807) is 31.4 Å². The molecule has 0 heterocycles. The van der Waals surface area contributed by atoms with Crippen LogP contribution in [0.1, 0.15) is 34.5 Å². The van der Waals surface area contributed by atoms with Crippen molar-refractivity contribution < 1.29 is 17.9 Å². The summed E-state index contributed by atoms with van der Waals surface area (Å²) in [5.74, 6) is 0.377. The SMILES string of the molecule is COc1ccc([C@H](C)NC(=O)c2cccc(S(=O)(=O)Nc3ccc(C)cc3)c2)cc1. The summed E-state index contributed by atoms with van der Waals surface area (Å²) in [6, 6.07) is 20.1. The summed E-state index contributed by atoms with van der Waals surface area (Å²) in [5.41, 5.74) is 2.67. The molecule has 0 fully saturated rings. The van der Waals surface area contributed by atoms with E-state index in [4.69, 9.17) is 4.74 Å². The Morgan fingerprint density at radius 3 is 2.27 bits per heavy atom. The monoisotopic (exact) mass is 424 g/mol. The molecule has 0 saturated carbocycles. The van der Waals surface area contributed by atoms with Gasteiger partial charge in [-0.1, -0.05) is 35.9 Å². The van der Waals surface area contributed by atoms with E-state index in [-0.39, 0.29) is 22.4 Å². The van der Waals surface area contributed by atoms with Crippen molar-refractivity contribution in [2.75, 3.05) is 11.8 Å². The van der Waals surface area contributed by atoms with Crippen molar-refractivity contribution in [3.05, 3.63) is 89.5 Å². The van der Waals surface area contributed by atoms with Gasteiger partial charge in [0.25, 0.3) is 15.9 Å². The number of hydrogen-bond donors (Lipinski definition) is 2. The number of aryl methyl sites for hydroxylation is 1. The van der Waals surface area contributed by atoms with Crippen LogP contribution in [0.4, 0.5) is 5.69 Å². The Morgan fingerprint density at radius 2 is 1.63 bits per heavy atom. The van der Waals surface area contributed by atoms with Gasteiger partial charge < -0.3 is 10.1 Å². The third-order valence-corrected chi connectivity index (χ3v) is 6.05. The fraction of sp³-hybridized carbons (Fsp3) is 0.174. The van der Waals surface area contributed by atoms with Crippen LogP contribution in [0.25, 0.3) is 0 Å². The lowest BCUT2D eigenvalue weighted by molar-refractivity contribution is 0.0939. The molecule has 0 bridgehead atoms. The quantitative estimate of drug-likeness (QED) is 0.592. The zero-order valence-corrected chi connectivity index (χ0v) is 17.9. The van der Waals surface area contributed by atoms with Crippen LogP contribution in [0.2, 0.25) is 0 Å². The second-order valence-corrected chi connectivity index (χ2v) is 8.65. The molecule has 2 N–H and O–H groups in total. The number of carbonyl (C=O) groups is 1. The third-order valence-electron chi connectivity index (χ3n) is 4.67. The Hall–Kier alpha value is -3.32. The number of hydrogen-bond acceptors (Lipinski definition) is 4. The molecule has 3 aromatic rings. The van der Waals surface area contributed by atoms with Crippen molar-refractivity contribution in [2.24, 2.45) is 0 Å². The number of rotatable bonds is 7. The molecule has 3 rings (SSSR count). The summed E-state index contributed by atoms with van der Waals surface area (Å²) in [6.07, 6.45) is 0. The van der Waals surface area contributed by atoms with Crippen LogP contribution in [0.5, 0.6) is 5.75 Å². The molecule has 7 heteroatoms. The molecule has 3 aromatic carbocycles. The smallest absolute Gasteiger partial charge is 0.261 e. The van der Waals surface area contributed by atoms with Crippen LogP contribution >= 0.6 is 0 Å². The number of sulfonamides is 1. The van der Waals surface area contributed by atoms with Crippen LogP contribution in [0.3, 0.4) is 0 Å². The maximum absolute atomic E-state index is 12.7. The number of amides is 1.